The molecule has 20 heavy (non-hydrogen) atoms. The molecule has 0 saturated carbocycles. The molecule has 1 fully saturated rings. The van der Waals surface area contributed by atoms with Crippen LogP contribution < -0.4 is 4.74 Å². The fourth-order valence-electron chi connectivity index (χ4n) is 2.93. The number of benzene rings is 1. The number of aromatic nitrogens is 1. The highest BCUT2D eigenvalue weighted by molar-refractivity contribution is 5.83. The van der Waals surface area contributed by atoms with Crippen LogP contribution in [0.1, 0.15) is 24.8 Å². The first-order chi connectivity index (χ1) is 9.78. The Hall–Kier alpha value is -1.65. The zero-order valence-corrected chi connectivity index (χ0v) is 11.7. The molecular weight excluding hydrogens is 252 g/mol. The molecule has 1 saturated heterocycles. The molecule has 1 atom stereocenters. The van der Waals surface area contributed by atoms with Gasteiger partial charge in [-0.25, -0.2) is 0 Å². The van der Waals surface area contributed by atoms with Gasteiger partial charge in [0.25, 0.3) is 0 Å². The first kappa shape index (κ1) is 13.3. The molecule has 106 valence electrons. The Morgan fingerprint density at radius 3 is 3.05 bits per heavy atom. The molecule has 1 N–H and O–H groups in total. The number of hydrogen-bond acceptors (Lipinski definition) is 4. The lowest BCUT2D eigenvalue weighted by Gasteiger charge is -2.30. The van der Waals surface area contributed by atoms with E-state index in [1.807, 2.05) is 30.5 Å². The van der Waals surface area contributed by atoms with Gasteiger partial charge in [-0.3, -0.25) is 4.98 Å². The van der Waals surface area contributed by atoms with Gasteiger partial charge in [-0.15, -0.1) is 0 Å². The van der Waals surface area contributed by atoms with Crippen LogP contribution in [0.3, 0.4) is 0 Å². The van der Waals surface area contributed by atoms with Gasteiger partial charge in [0.15, 0.2) is 0 Å². The first-order valence-corrected chi connectivity index (χ1v) is 7.15. The summed E-state index contributed by atoms with van der Waals surface area (Å²) < 4.78 is 5.30. The summed E-state index contributed by atoms with van der Waals surface area (Å²) in [7, 11) is 1.67. The maximum Gasteiger partial charge on any atom is 0.119 e. The van der Waals surface area contributed by atoms with Gasteiger partial charge in [0.2, 0.25) is 0 Å². The quantitative estimate of drug-likeness (QED) is 0.933. The summed E-state index contributed by atoms with van der Waals surface area (Å²) in [5.41, 5.74) is 2.20. The molecular formula is C16H20N2O2. The van der Waals surface area contributed by atoms with E-state index >= 15 is 0 Å². The lowest BCUT2D eigenvalue weighted by Crippen LogP contribution is -2.38. The van der Waals surface area contributed by atoms with Crippen molar-refractivity contribution in [2.24, 2.45) is 0 Å². The fourth-order valence-corrected chi connectivity index (χ4v) is 2.93. The predicted molar refractivity (Wildman–Crippen MR) is 78.1 cm³/mol. The second-order valence-corrected chi connectivity index (χ2v) is 5.37. The number of ether oxygens (including phenoxy) is 1. The molecule has 0 amide bonds. The summed E-state index contributed by atoms with van der Waals surface area (Å²) >= 11 is 0. The summed E-state index contributed by atoms with van der Waals surface area (Å²) in [5, 5.41) is 12.6. The number of hydroxylamine groups is 2. The monoisotopic (exact) mass is 272 g/mol. The molecule has 0 bridgehead atoms. The van der Waals surface area contributed by atoms with E-state index in [2.05, 4.69) is 4.98 Å². The zero-order chi connectivity index (χ0) is 13.9. The highest BCUT2D eigenvalue weighted by Gasteiger charge is 2.21. The van der Waals surface area contributed by atoms with E-state index in [4.69, 9.17) is 4.74 Å². The standard InChI is InChI=1S/C16H20N2O2/c1-20-14-5-6-16-15(11-14)12(7-8-17-16)10-13-4-2-3-9-18(13)19/h5-8,11,13,19H,2-4,9-10H2,1H3. The molecule has 1 aliphatic rings. The van der Waals surface area contributed by atoms with Gasteiger partial charge in [0, 0.05) is 24.2 Å². The van der Waals surface area contributed by atoms with Crippen molar-refractivity contribution >= 4 is 10.9 Å². The smallest absolute Gasteiger partial charge is 0.119 e. The van der Waals surface area contributed by atoms with Crippen LogP contribution in [0.4, 0.5) is 0 Å². The van der Waals surface area contributed by atoms with Crippen LogP contribution in [0.5, 0.6) is 5.75 Å². The Morgan fingerprint density at radius 2 is 2.25 bits per heavy atom. The molecule has 4 heteroatoms. The summed E-state index contributed by atoms with van der Waals surface area (Å²) in [4.78, 5) is 4.40. The van der Waals surface area contributed by atoms with Crippen LogP contribution in [0.2, 0.25) is 0 Å². The van der Waals surface area contributed by atoms with Crippen LogP contribution in [0, 0.1) is 0 Å². The molecule has 2 heterocycles. The highest BCUT2D eigenvalue weighted by atomic mass is 16.5. The minimum atomic E-state index is 0.209. The van der Waals surface area contributed by atoms with E-state index in [1.165, 1.54) is 17.0 Å². The van der Waals surface area contributed by atoms with E-state index in [9.17, 15) is 5.21 Å². The molecule has 1 aromatic heterocycles. The summed E-state index contributed by atoms with van der Waals surface area (Å²) in [6, 6.07) is 8.19. The molecule has 0 radical (unpaired) electrons. The topological polar surface area (TPSA) is 45.6 Å². The number of rotatable bonds is 3. The molecule has 3 rings (SSSR count). The normalized spacial score (nSPS) is 20.2. The second-order valence-electron chi connectivity index (χ2n) is 5.37. The number of fused-ring (bicyclic) bond motifs is 1. The van der Waals surface area contributed by atoms with Crippen molar-refractivity contribution in [1.29, 1.82) is 0 Å². The number of hydrogen-bond donors (Lipinski definition) is 1. The summed E-state index contributed by atoms with van der Waals surface area (Å²) in [6.07, 6.45) is 6.01. The van der Waals surface area contributed by atoms with Crippen LogP contribution in [0.15, 0.2) is 30.5 Å². The van der Waals surface area contributed by atoms with Crippen molar-refractivity contribution in [3.8, 4) is 5.75 Å². The number of methoxy groups -OCH3 is 1. The summed E-state index contributed by atoms with van der Waals surface area (Å²) in [5.74, 6) is 0.844. The Balaban J connectivity index is 1.93. The van der Waals surface area contributed by atoms with E-state index < -0.39 is 0 Å². The van der Waals surface area contributed by atoms with Gasteiger partial charge >= 0.3 is 0 Å². The van der Waals surface area contributed by atoms with Gasteiger partial charge < -0.3 is 9.94 Å². The minimum absolute atomic E-state index is 0.209. The lowest BCUT2D eigenvalue weighted by atomic mass is 9.95. The average molecular weight is 272 g/mol. The SMILES string of the molecule is COc1ccc2nccc(CC3CCCCN3O)c2c1. The molecule has 4 nitrogen and oxygen atoms in total. The van der Waals surface area contributed by atoms with Gasteiger partial charge in [-0.1, -0.05) is 6.42 Å². The van der Waals surface area contributed by atoms with Gasteiger partial charge in [0.05, 0.1) is 12.6 Å². The number of pyridine rings is 1. The Labute approximate surface area is 119 Å². The molecule has 1 unspecified atom stereocenters. The molecule has 1 aromatic carbocycles. The predicted octanol–water partition coefficient (Wildman–Crippen LogP) is 3.03. The second kappa shape index (κ2) is 5.77. The van der Waals surface area contributed by atoms with Crippen molar-refractivity contribution in [2.45, 2.75) is 31.7 Å². The van der Waals surface area contributed by atoms with E-state index in [1.54, 1.807) is 7.11 Å². The number of piperidine rings is 1. The van der Waals surface area contributed by atoms with Crippen molar-refractivity contribution in [1.82, 2.24) is 10.0 Å². The zero-order valence-electron chi connectivity index (χ0n) is 11.7. The maximum atomic E-state index is 10.00. The molecule has 0 aliphatic carbocycles. The molecule has 2 aromatic rings. The Kier molecular flexibility index (Phi) is 3.85. The minimum Gasteiger partial charge on any atom is -0.497 e. The Bertz CT molecular complexity index is 600. The number of nitrogens with zero attached hydrogens (tertiary/aromatic N) is 2. The third kappa shape index (κ3) is 2.62. The molecule has 0 spiro atoms. The fraction of sp³-hybridized carbons (Fsp3) is 0.438. The van der Waals surface area contributed by atoms with Crippen molar-refractivity contribution in [2.75, 3.05) is 13.7 Å². The van der Waals surface area contributed by atoms with E-state index in [0.29, 0.717) is 0 Å². The third-order valence-corrected chi connectivity index (χ3v) is 4.09. The van der Waals surface area contributed by atoms with Crippen LogP contribution in [-0.2, 0) is 6.42 Å². The van der Waals surface area contributed by atoms with Crippen LogP contribution in [-0.4, -0.2) is 35.0 Å². The van der Waals surface area contributed by atoms with Crippen molar-refractivity contribution < 1.29 is 9.94 Å². The van der Waals surface area contributed by atoms with Gasteiger partial charge in [-0.05, 0) is 49.1 Å². The average Bonchev–Trinajstić information content (AvgIpc) is 2.49. The van der Waals surface area contributed by atoms with E-state index in [-0.39, 0.29) is 6.04 Å². The van der Waals surface area contributed by atoms with Crippen molar-refractivity contribution in [3.63, 3.8) is 0 Å². The Morgan fingerprint density at radius 1 is 1.35 bits per heavy atom. The largest absolute Gasteiger partial charge is 0.497 e. The van der Waals surface area contributed by atoms with Gasteiger partial charge in [0.1, 0.15) is 5.75 Å². The molecule has 1 aliphatic heterocycles. The van der Waals surface area contributed by atoms with Crippen LogP contribution in [0.25, 0.3) is 10.9 Å². The lowest BCUT2D eigenvalue weighted by molar-refractivity contribution is -0.141. The first-order valence-electron chi connectivity index (χ1n) is 7.15. The van der Waals surface area contributed by atoms with Crippen molar-refractivity contribution in [3.05, 3.63) is 36.0 Å². The van der Waals surface area contributed by atoms with E-state index in [0.717, 1.165) is 42.5 Å². The highest BCUT2D eigenvalue weighted by Crippen LogP contribution is 2.26. The van der Waals surface area contributed by atoms with Gasteiger partial charge in [-0.2, -0.15) is 5.06 Å². The summed E-state index contributed by atoms with van der Waals surface area (Å²) in [6.45, 7) is 0.775. The third-order valence-electron chi connectivity index (χ3n) is 4.09. The maximum absolute atomic E-state index is 10.00. The van der Waals surface area contributed by atoms with Crippen LogP contribution >= 0.6 is 0 Å².